The molecule has 0 fully saturated rings. The van der Waals surface area contributed by atoms with Crippen molar-refractivity contribution in [2.45, 2.75) is 13.3 Å². The maximum atomic E-state index is 5.24. The van der Waals surface area contributed by atoms with Gasteiger partial charge >= 0.3 is 0 Å². The van der Waals surface area contributed by atoms with Crippen LogP contribution in [0.5, 0.6) is 0 Å². The second-order valence-corrected chi connectivity index (χ2v) is 6.74. The van der Waals surface area contributed by atoms with Crippen LogP contribution >= 0.6 is 11.3 Å². The standard InChI is InChI=1S/C17H17N7OS/c1-3-25-23-12-6-8-24(2)16-14(12)20-15(21-22-16)13-10-19-17(26-13)11-5-4-7-18-9-11/h4-5,7,9-10H,3,6,8H2,1-2H3/b23-12+. The number of hydrogen-bond donors (Lipinski definition) is 0. The van der Waals surface area contributed by atoms with E-state index >= 15 is 0 Å². The van der Waals surface area contributed by atoms with Gasteiger partial charge in [0.1, 0.15) is 23.0 Å². The van der Waals surface area contributed by atoms with Gasteiger partial charge in [-0.15, -0.1) is 21.5 Å². The van der Waals surface area contributed by atoms with Gasteiger partial charge in [0.15, 0.2) is 11.6 Å². The number of pyridine rings is 1. The van der Waals surface area contributed by atoms with Gasteiger partial charge in [-0.3, -0.25) is 4.98 Å². The van der Waals surface area contributed by atoms with E-state index < -0.39 is 0 Å². The van der Waals surface area contributed by atoms with E-state index in [1.807, 2.05) is 31.0 Å². The molecule has 132 valence electrons. The van der Waals surface area contributed by atoms with Crippen LogP contribution in [-0.4, -0.2) is 51.1 Å². The third-order valence-electron chi connectivity index (χ3n) is 3.93. The molecule has 0 atom stereocenters. The van der Waals surface area contributed by atoms with Gasteiger partial charge in [-0.2, -0.15) is 0 Å². The van der Waals surface area contributed by atoms with Gasteiger partial charge in [0.25, 0.3) is 0 Å². The Morgan fingerprint density at radius 1 is 1.31 bits per heavy atom. The van der Waals surface area contributed by atoms with Crippen LogP contribution in [0.2, 0.25) is 0 Å². The Kier molecular flexibility index (Phi) is 4.53. The highest BCUT2D eigenvalue weighted by Gasteiger charge is 2.25. The van der Waals surface area contributed by atoms with Crippen molar-refractivity contribution in [3.63, 3.8) is 0 Å². The summed E-state index contributed by atoms with van der Waals surface area (Å²) in [5.41, 5.74) is 2.48. The molecule has 1 aliphatic heterocycles. The molecule has 9 heteroatoms. The summed E-state index contributed by atoms with van der Waals surface area (Å²) in [6.45, 7) is 3.23. The Labute approximate surface area is 154 Å². The second-order valence-electron chi connectivity index (χ2n) is 5.71. The number of nitrogens with zero attached hydrogens (tertiary/aromatic N) is 7. The number of rotatable bonds is 4. The lowest BCUT2D eigenvalue weighted by Crippen LogP contribution is -2.31. The third-order valence-corrected chi connectivity index (χ3v) is 4.97. The van der Waals surface area contributed by atoms with Crippen LogP contribution in [0, 0.1) is 0 Å². The third kappa shape index (κ3) is 3.13. The van der Waals surface area contributed by atoms with Crippen molar-refractivity contribution in [1.29, 1.82) is 0 Å². The predicted octanol–water partition coefficient (Wildman–Crippen LogP) is 2.64. The molecule has 0 saturated heterocycles. The molecule has 0 aromatic carbocycles. The van der Waals surface area contributed by atoms with E-state index in [1.165, 1.54) is 11.3 Å². The van der Waals surface area contributed by atoms with E-state index in [-0.39, 0.29) is 0 Å². The Morgan fingerprint density at radius 3 is 3.04 bits per heavy atom. The van der Waals surface area contributed by atoms with Crippen LogP contribution in [-0.2, 0) is 4.84 Å². The molecule has 0 amide bonds. The summed E-state index contributed by atoms with van der Waals surface area (Å²) in [6, 6.07) is 3.86. The average molecular weight is 367 g/mol. The average Bonchev–Trinajstić information content (AvgIpc) is 3.18. The zero-order valence-electron chi connectivity index (χ0n) is 14.5. The lowest BCUT2D eigenvalue weighted by Gasteiger charge is -2.25. The summed E-state index contributed by atoms with van der Waals surface area (Å²) >= 11 is 1.51. The van der Waals surface area contributed by atoms with Crippen molar-refractivity contribution in [1.82, 2.24) is 25.1 Å². The molecular formula is C17H17N7OS. The van der Waals surface area contributed by atoms with E-state index in [2.05, 4.69) is 25.3 Å². The van der Waals surface area contributed by atoms with Crippen molar-refractivity contribution in [2.75, 3.05) is 25.1 Å². The quantitative estimate of drug-likeness (QED) is 0.655. The molecule has 3 aromatic rings. The first-order valence-corrected chi connectivity index (χ1v) is 9.09. The van der Waals surface area contributed by atoms with Gasteiger partial charge in [0, 0.05) is 44.2 Å². The molecule has 0 aliphatic carbocycles. The normalized spacial score (nSPS) is 15.2. The SMILES string of the molecule is CCO/N=C1\CCN(C)c2nnc(-c3cnc(-c4cccnc4)s3)nc21. The zero-order valence-corrected chi connectivity index (χ0v) is 15.3. The first-order valence-electron chi connectivity index (χ1n) is 8.28. The van der Waals surface area contributed by atoms with E-state index in [0.717, 1.165) is 39.9 Å². The fraction of sp³-hybridized carbons (Fsp3) is 0.294. The van der Waals surface area contributed by atoms with Gasteiger partial charge < -0.3 is 9.74 Å². The lowest BCUT2D eigenvalue weighted by atomic mass is 10.1. The largest absolute Gasteiger partial charge is 0.396 e. The van der Waals surface area contributed by atoms with Crippen LogP contribution in [0.3, 0.4) is 0 Å². The molecule has 3 aromatic heterocycles. The second kappa shape index (κ2) is 7.12. The minimum atomic E-state index is 0.517. The minimum absolute atomic E-state index is 0.517. The molecule has 1 aliphatic rings. The molecule has 4 rings (SSSR count). The van der Waals surface area contributed by atoms with Crippen LogP contribution in [0.15, 0.2) is 35.9 Å². The van der Waals surface area contributed by atoms with Crippen molar-refractivity contribution in [3.8, 4) is 21.3 Å². The first-order chi connectivity index (χ1) is 12.8. The summed E-state index contributed by atoms with van der Waals surface area (Å²) in [5.74, 6) is 1.26. The minimum Gasteiger partial charge on any atom is -0.396 e. The topological polar surface area (TPSA) is 89.3 Å². The summed E-state index contributed by atoms with van der Waals surface area (Å²) in [7, 11) is 1.97. The molecule has 4 heterocycles. The fourth-order valence-corrected chi connectivity index (χ4v) is 3.44. The molecule has 0 bridgehead atoms. The molecular weight excluding hydrogens is 350 g/mol. The van der Waals surface area contributed by atoms with Crippen LogP contribution < -0.4 is 4.90 Å². The van der Waals surface area contributed by atoms with Crippen molar-refractivity contribution < 1.29 is 4.84 Å². The van der Waals surface area contributed by atoms with Gasteiger partial charge in [-0.1, -0.05) is 5.16 Å². The van der Waals surface area contributed by atoms with Crippen LogP contribution in [0.1, 0.15) is 19.0 Å². The number of oxime groups is 1. The number of anilines is 1. The van der Waals surface area contributed by atoms with Crippen LogP contribution in [0.25, 0.3) is 21.3 Å². The van der Waals surface area contributed by atoms with Crippen LogP contribution in [0.4, 0.5) is 5.82 Å². The van der Waals surface area contributed by atoms with E-state index in [9.17, 15) is 0 Å². The van der Waals surface area contributed by atoms with Crippen molar-refractivity contribution in [2.24, 2.45) is 5.16 Å². The molecule has 0 spiro atoms. The molecule has 26 heavy (non-hydrogen) atoms. The van der Waals surface area contributed by atoms with Gasteiger partial charge in [-0.05, 0) is 19.1 Å². The molecule has 0 radical (unpaired) electrons. The molecule has 0 saturated carbocycles. The number of thiazole rings is 1. The maximum Gasteiger partial charge on any atom is 0.194 e. The lowest BCUT2D eigenvalue weighted by molar-refractivity contribution is 0.158. The van der Waals surface area contributed by atoms with E-state index in [0.29, 0.717) is 18.1 Å². The van der Waals surface area contributed by atoms with Crippen molar-refractivity contribution in [3.05, 3.63) is 36.4 Å². The Hall–Kier alpha value is -2.94. The van der Waals surface area contributed by atoms with Gasteiger partial charge in [0.05, 0.1) is 4.88 Å². The molecule has 0 unspecified atom stereocenters. The molecule has 0 N–H and O–H groups in total. The van der Waals surface area contributed by atoms with Gasteiger partial charge in [-0.25, -0.2) is 9.97 Å². The summed E-state index contributed by atoms with van der Waals surface area (Å²) < 4.78 is 0. The number of hydrogen-bond acceptors (Lipinski definition) is 9. The zero-order chi connectivity index (χ0) is 17.9. The predicted molar refractivity (Wildman–Crippen MR) is 100 cm³/mol. The Balaban J connectivity index is 1.72. The van der Waals surface area contributed by atoms with E-state index in [1.54, 1.807) is 18.6 Å². The summed E-state index contributed by atoms with van der Waals surface area (Å²) in [5, 5.41) is 13.7. The first kappa shape index (κ1) is 16.5. The highest BCUT2D eigenvalue weighted by atomic mass is 32.1. The Bertz CT molecular complexity index is 941. The molecule has 8 nitrogen and oxygen atoms in total. The highest BCUT2D eigenvalue weighted by molar-refractivity contribution is 7.18. The summed E-state index contributed by atoms with van der Waals surface area (Å²) in [4.78, 5) is 21.4. The van der Waals surface area contributed by atoms with Crippen molar-refractivity contribution >= 4 is 22.9 Å². The highest BCUT2D eigenvalue weighted by Crippen LogP contribution is 2.31. The summed E-state index contributed by atoms with van der Waals surface area (Å²) in [6.07, 6.45) is 6.05. The monoisotopic (exact) mass is 367 g/mol. The maximum absolute atomic E-state index is 5.24. The van der Waals surface area contributed by atoms with Gasteiger partial charge in [0.2, 0.25) is 0 Å². The number of fused-ring (bicyclic) bond motifs is 1. The Morgan fingerprint density at radius 2 is 2.23 bits per heavy atom. The smallest absolute Gasteiger partial charge is 0.194 e. The fourth-order valence-electron chi connectivity index (χ4n) is 2.60. The van der Waals surface area contributed by atoms with E-state index in [4.69, 9.17) is 9.82 Å². The number of aromatic nitrogens is 5.